The van der Waals surface area contributed by atoms with Crippen molar-refractivity contribution < 1.29 is 5.11 Å². The molecule has 17 heavy (non-hydrogen) atoms. The van der Waals surface area contributed by atoms with Crippen LogP contribution in [-0.2, 0) is 5.60 Å². The molecule has 0 saturated heterocycles. The van der Waals surface area contributed by atoms with Crippen LogP contribution in [-0.4, -0.2) is 5.11 Å². The molecule has 0 heterocycles. The minimum absolute atomic E-state index is 0.403. The molecule has 0 amide bonds. The first kappa shape index (κ1) is 13.1. The van der Waals surface area contributed by atoms with Gasteiger partial charge in [0.1, 0.15) is 0 Å². The maximum Gasteiger partial charge on any atom is 0.0896 e. The van der Waals surface area contributed by atoms with Crippen molar-refractivity contribution in [1.29, 1.82) is 0 Å². The van der Waals surface area contributed by atoms with Gasteiger partial charge in [-0.15, -0.1) is 0 Å². The van der Waals surface area contributed by atoms with Crippen molar-refractivity contribution in [3.05, 3.63) is 34.3 Å². The van der Waals surface area contributed by atoms with Gasteiger partial charge in [-0.1, -0.05) is 47.8 Å². The van der Waals surface area contributed by atoms with Crippen LogP contribution in [0.15, 0.2) is 28.7 Å². The smallest absolute Gasteiger partial charge is 0.0896 e. The molecule has 0 bridgehead atoms. The zero-order valence-corrected chi connectivity index (χ0v) is 12.2. The Kier molecular flexibility index (Phi) is 3.94. The van der Waals surface area contributed by atoms with Gasteiger partial charge in [0.05, 0.1) is 5.60 Å². The molecular weight excluding hydrogens is 276 g/mol. The normalized spacial score (nSPS) is 28.7. The highest BCUT2D eigenvalue weighted by Gasteiger charge is 2.35. The number of halogens is 1. The van der Waals surface area contributed by atoms with Crippen LogP contribution in [0, 0.1) is 11.8 Å². The fraction of sp³-hybridized carbons (Fsp3) is 0.600. The van der Waals surface area contributed by atoms with E-state index in [0.717, 1.165) is 28.8 Å². The summed E-state index contributed by atoms with van der Waals surface area (Å²) >= 11 is 3.43. The molecule has 1 atom stereocenters. The molecule has 2 heteroatoms. The van der Waals surface area contributed by atoms with Crippen molar-refractivity contribution in [2.24, 2.45) is 11.8 Å². The van der Waals surface area contributed by atoms with Crippen LogP contribution < -0.4 is 0 Å². The highest BCUT2D eigenvalue weighted by atomic mass is 79.9. The molecule has 1 unspecified atom stereocenters. The number of hydrogen-bond donors (Lipinski definition) is 1. The molecule has 0 aromatic heterocycles. The minimum Gasteiger partial charge on any atom is -0.385 e. The summed E-state index contributed by atoms with van der Waals surface area (Å²) in [4.78, 5) is 0. The first-order valence-corrected chi connectivity index (χ1v) is 7.28. The standard InChI is InChI=1S/C15H21BrO/c1-11-3-5-12(6-4-11)15(2,17)13-7-9-14(16)10-8-13/h7-12,17H,3-6H2,1-2H3. The monoisotopic (exact) mass is 296 g/mol. The van der Waals surface area contributed by atoms with Gasteiger partial charge in [-0.2, -0.15) is 0 Å². The van der Waals surface area contributed by atoms with E-state index in [9.17, 15) is 5.11 Å². The number of hydrogen-bond acceptors (Lipinski definition) is 1. The summed E-state index contributed by atoms with van der Waals surface area (Å²) in [5.74, 6) is 1.23. The lowest BCUT2D eigenvalue weighted by atomic mass is 9.72. The fourth-order valence-corrected chi connectivity index (χ4v) is 3.11. The summed E-state index contributed by atoms with van der Waals surface area (Å²) in [5.41, 5.74) is 0.362. The fourth-order valence-electron chi connectivity index (χ4n) is 2.85. The lowest BCUT2D eigenvalue weighted by Gasteiger charge is -2.37. The van der Waals surface area contributed by atoms with Crippen LogP contribution >= 0.6 is 15.9 Å². The summed E-state index contributed by atoms with van der Waals surface area (Å²) in [6.45, 7) is 4.28. The molecule has 0 radical (unpaired) electrons. The third-order valence-corrected chi connectivity index (χ3v) is 4.77. The van der Waals surface area contributed by atoms with Crippen LogP contribution in [0.5, 0.6) is 0 Å². The minimum atomic E-state index is -0.680. The van der Waals surface area contributed by atoms with Crippen molar-refractivity contribution in [2.45, 2.75) is 45.1 Å². The maximum absolute atomic E-state index is 10.8. The third-order valence-electron chi connectivity index (χ3n) is 4.24. The highest BCUT2D eigenvalue weighted by Crippen LogP contribution is 2.40. The van der Waals surface area contributed by atoms with E-state index in [2.05, 4.69) is 22.9 Å². The molecule has 94 valence electrons. The molecule has 1 aliphatic carbocycles. The molecule has 2 rings (SSSR count). The predicted octanol–water partition coefficient (Wildman–Crippen LogP) is 4.48. The molecule has 1 fully saturated rings. The van der Waals surface area contributed by atoms with Gasteiger partial charge in [-0.3, -0.25) is 0 Å². The average molecular weight is 297 g/mol. The Balaban J connectivity index is 2.15. The summed E-state index contributed by atoms with van der Waals surface area (Å²) < 4.78 is 1.06. The Bertz CT molecular complexity index is 361. The van der Waals surface area contributed by atoms with Crippen LogP contribution in [0.25, 0.3) is 0 Å². The second-order valence-electron chi connectivity index (χ2n) is 5.61. The summed E-state index contributed by atoms with van der Waals surface area (Å²) in [6.07, 6.45) is 4.78. The zero-order chi connectivity index (χ0) is 12.5. The highest BCUT2D eigenvalue weighted by molar-refractivity contribution is 9.10. The van der Waals surface area contributed by atoms with Crippen LogP contribution in [0.4, 0.5) is 0 Å². The van der Waals surface area contributed by atoms with E-state index >= 15 is 0 Å². The SMILES string of the molecule is CC1CCC(C(C)(O)c2ccc(Br)cc2)CC1. The average Bonchev–Trinajstić information content (AvgIpc) is 2.30. The van der Waals surface area contributed by atoms with Crippen molar-refractivity contribution >= 4 is 15.9 Å². The van der Waals surface area contributed by atoms with Gasteiger partial charge < -0.3 is 5.11 Å². The molecule has 0 aliphatic heterocycles. The molecular formula is C15H21BrO. The molecule has 0 spiro atoms. The Morgan fingerprint density at radius 3 is 2.18 bits per heavy atom. The van der Waals surface area contributed by atoms with E-state index in [4.69, 9.17) is 0 Å². The second-order valence-corrected chi connectivity index (χ2v) is 6.53. The van der Waals surface area contributed by atoms with E-state index in [-0.39, 0.29) is 0 Å². The van der Waals surface area contributed by atoms with Crippen molar-refractivity contribution in [3.8, 4) is 0 Å². The van der Waals surface area contributed by atoms with E-state index in [1.165, 1.54) is 12.8 Å². The summed E-state index contributed by atoms with van der Waals surface area (Å²) in [5, 5.41) is 10.8. The molecule has 1 saturated carbocycles. The largest absolute Gasteiger partial charge is 0.385 e. The van der Waals surface area contributed by atoms with Gasteiger partial charge >= 0.3 is 0 Å². The van der Waals surface area contributed by atoms with Crippen LogP contribution in [0.1, 0.15) is 45.1 Å². The van der Waals surface area contributed by atoms with E-state index < -0.39 is 5.60 Å². The number of rotatable bonds is 2. The quantitative estimate of drug-likeness (QED) is 0.853. The Hall–Kier alpha value is -0.340. The molecule has 1 aliphatic rings. The number of benzene rings is 1. The molecule has 1 nitrogen and oxygen atoms in total. The van der Waals surface area contributed by atoms with E-state index in [1.54, 1.807) is 0 Å². The van der Waals surface area contributed by atoms with Crippen LogP contribution in [0.3, 0.4) is 0 Å². The first-order chi connectivity index (χ1) is 8.00. The van der Waals surface area contributed by atoms with Crippen molar-refractivity contribution in [3.63, 3.8) is 0 Å². The predicted molar refractivity (Wildman–Crippen MR) is 74.8 cm³/mol. The maximum atomic E-state index is 10.8. The van der Waals surface area contributed by atoms with Crippen molar-refractivity contribution in [1.82, 2.24) is 0 Å². The van der Waals surface area contributed by atoms with E-state index in [1.807, 2.05) is 31.2 Å². The zero-order valence-electron chi connectivity index (χ0n) is 10.6. The number of aliphatic hydroxyl groups is 1. The second kappa shape index (κ2) is 5.11. The summed E-state index contributed by atoms with van der Waals surface area (Å²) in [7, 11) is 0. The Labute approximate surface area is 112 Å². The van der Waals surface area contributed by atoms with Crippen LogP contribution in [0.2, 0.25) is 0 Å². The van der Waals surface area contributed by atoms with Gasteiger partial charge in [0.2, 0.25) is 0 Å². The van der Waals surface area contributed by atoms with Gasteiger partial charge in [-0.05, 0) is 49.3 Å². The van der Waals surface area contributed by atoms with Gasteiger partial charge in [0, 0.05) is 4.47 Å². The van der Waals surface area contributed by atoms with Gasteiger partial charge in [0.25, 0.3) is 0 Å². The molecule has 1 aromatic carbocycles. The van der Waals surface area contributed by atoms with Crippen molar-refractivity contribution in [2.75, 3.05) is 0 Å². The van der Waals surface area contributed by atoms with Gasteiger partial charge in [0.15, 0.2) is 0 Å². The lowest BCUT2D eigenvalue weighted by Crippen LogP contribution is -2.34. The summed E-state index contributed by atoms with van der Waals surface area (Å²) in [6, 6.07) is 8.08. The third kappa shape index (κ3) is 2.92. The first-order valence-electron chi connectivity index (χ1n) is 6.48. The van der Waals surface area contributed by atoms with Gasteiger partial charge in [-0.25, -0.2) is 0 Å². The Morgan fingerprint density at radius 2 is 1.65 bits per heavy atom. The topological polar surface area (TPSA) is 20.2 Å². The molecule has 1 aromatic rings. The lowest BCUT2D eigenvalue weighted by molar-refractivity contribution is -0.0264. The van der Waals surface area contributed by atoms with E-state index in [0.29, 0.717) is 5.92 Å². The Morgan fingerprint density at radius 1 is 1.12 bits per heavy atom. The molecule has 1 N–H and O–H groups in total.